The summed E-state index contributed by atoms with van der Waals surface area (Å²) in [7, 11) is 2.06. The molecule has 0 bridgehead atoms. The molecule has 1 fully saturated rings. The Kier molecular flexibility index (Phi) is 5.69. The summed E-state index contributed by atoms with van der Waals surface area (Å²) in [4.78, 5) is 0. The molecule has 3 unspecified atom stereocenters. The highest BCUT2D eigenvalue weighted by Gasteiger charge is 2.30. The number of aryl methyl sites for hydroxylation is 1. The summed E-state index contributed by atoms with van der Waals surface area (Å²) < 4.78 is 6.45. The molecule has 118 valence electrons. The summed E-state index contributed by atoms with van der Waals surface area (Å²) >= 11 is 0. The fraction of sp³-hybridized carbons (Fsp3) is 0.684. The lowest BCUT2D eigenvalue weighted by Gasteiger charge is -2.36. The Morgan fingerprint density at radius 3 is 2.67 bits per heavy atom. The lowest BCUT2D eigenvalue weighted by atomic mass is 9.82. The Bertz CT molecular complexity index is 455. The number of ether oxygens (including phenoxy) is 1. The van der Waals surface area contributed by atoms with Crippen LogP contribution < -0.4 is 10.1 Å². The van der Waals surface area contributed by atoms with Gasteiger partial charge in [0, 0.05) is 6.04 Å². The third kappa shape index (κ3) is 4.00. The molecule has 21 heavy (non-hydrogen) atoms. The Morgan fingerprint density at radius 1 is 1.29 bits per heavy atom. The van der Waals surface area contributed by atoms with Crippen LogP contribution in [0.1, 0.15) is 63.5 Å². The number of nitrogens with one attached hydrogen (secondary N) is 1. The molecular weight excluding hydrogens is 258 g/mol. The van der Waals surface area contributed by atoms with Gasteiger partial charge in [-0.25, -0.2) is 0 Å². The summed E-state index contributed by atoms with van der Waals surface area (Å²) in [6.45, 7) is 8.91. The normalized spacial score (nSPS) is 26.1. The van der Waals surface area contributed by atoms with Crippen LogP contribution in [0.2, 0.25) is 0 Å². The maximum atomic E-state index is 6.45. The van der Waals surface area contributed by atoms with Crippen molar-refractivity contribution >= 4 is 0 Å². The molecule has 0 amide bonds. The van der Waals surface area contributed by atoms with Gasteiger partial charge in [0.2, 0.25) is 0 Å². The Hall–Kier alpha value is -1.02. The lowest BCUT2D eigenvalue weighted by Crippen LogP contribution is -2.45. The third-order valence-corrected chi connectivity index (χ3v) is 5.01. The van der Waals surface area contributed by atoms with E-state index in [1.807, 2.05) is 0 Å². The van der Waals surface area contributed by atoms with Gasteiger partial charge in [-0.3, -0.25) is 0 Å². The zero-order valence-corrected chi connectivity index (χ0v) is 14.3. The Morgan fingerprint density at radius 2 is 2.05 bits per heavy atom. The molecule has 1 N–H and O–H groups in total. The fourth-order valence-electron chi connectivity index (χ4n) is 3.31. The molecule has 2 rings (SSSR count). The quantitative estimate of drug-likeness (QED) is 0.851. The summed E-state index contributed by atoms with van der Waals surface area (Å²) in [6, 6.07) is 7.13. The molecule has 1 aromatic carbocycles. The van der Waals surface area contributed by atoms with Crippen molar-refractivity contribution in [1.29, 1.82) is 0 Å². The minimum absolute atomic E-state index is 0.301. The number of hydrogen-bond acceptors (Lipinski definition) is 2. The van der Waals surface area contributed by atoms with Crippen molar-refractivity contribution in [3.8, 4) is 5.75 Å². The monoisotopic (exact) mass is 289 g/mol. The second-order valence-electron chi connectivity index (χ2n) is 6.82. The topological polar surface area (TPSA) is 21.3 Å². The van der Waals surface area contributed by atoms with Crippen molar-refractivity contribution in [3.05, 3.63) is 29.3 Å². The molecule has 1 aliphatic carbocycles. The van der Waals surface area contributed by atoms with Gasteiger partial charge in [-0.1, -0.05) is 39.3 Å². The molecule has 1 aromatic rings. The average Bonchev–Trinajstić information content (AvgIpc) is 2.49. The summed E-state index contributed by atoms with van der Waals surface area (Å²) in [6.07, 6.45) is 5.29. The predicted molar refractivity (Wildman–Crippen MR) is 90.2 cm³/mol. The highest BCUT2D eigenvalue weighted by molar-refractivity contribution is 5.38. The third-order valence-electron chi connectivity index (χ3n) is 5.01. The van der Waals surface area contributed by atoms with E-state index in [9.17, 15) is 0 Å². The van der Waals surface area contributed by atoms with Crippen LogP contribution in [0.3, 0.4) is 0 Å². The first-order valence-electron chi connectivity index (χ1n) is 8.49. The second-order valence-corrected chi connectivity index (χ2v) is 6.82. The smallest absolute Gasteiger partial charge is 0.122 e. The van der Waals surface area contributed by atoms with E-state index in [-0.39, 0.29) is 0 Å². The first kappa shape index (κ1) is 16.4. The summed E-state index contributed by atoms with van der Waals surface area (Å²) in [5, 5.41) is 3.45. The highest BCUT2D eigenvalue weighted by atomic mass is 16.5. The van der Waals surface area contributed by atoms with Crippen LogP contribution in [0, 0.1) is 12.8 Å². The van der Waals surface area contributed by atoms with Gasteiger partial charge in [0.25, 0.3) is 0 Å². The molecule has 0 aliphatic heterocycles. The van der Waals surface area contributed by atoms with Crippen LogP contribution in [0.25, 0.3) is 0 Å². The number of benzene rings is 1. The Labute approximate surface area is 130 Å². The molecule has 0 saturated heterocycles. The molecule has 1 aliphatic rings. The molecule has 3 atom stereocenters. The van der Waals surface area contributed by atoms with Crippen molar-refractivity contribution < 1.29 is 4.74 Å². The van der Waals surface area contributed by atoms with Crippen LogP contribution in [0.5, 0.6) is 5.75 Å². The zero-order chi connectivity index (χ0) is 15.4. The number of likely N-dealkylation sites (N-methyl/N-ethyl adjacent to an activating group) is 1. The highest BCUT2D eigenvalue weighted by Crippen LogP contribution is 2.32. The molecule has 1 saturated carbocycles. The standard InChI is InChI=1S/C19H31NO/c1-6-15-8-10-17(20-5)19(11-15)21-18-12-16(13(2)3)9-7-14(18)4/h7,9,12-13,15,17,19-20H,6,8,10-11H2,1-5H3. The molecule has 2 heteroatoms. The van der Waals surface area contributed by atoms with Gasteiger partial charge < -0.3 is 10.1 Å². The van der Waals surface area contributed by atoms with E-state index in [4.69, 9.17) is 4.74 Å². The van der Waals surface area contributed by atoms with E-state index in [0.717, 1.165) is 11.7 Å². The predicted octanol–water partition coefficient (Wildman–Crippen LogP) is 4.66. The Balaban J connectivity index is 2.16. The van der Waals surface area contributed by atoms with Crippen molar-refractivity contribution in [2.45, 2.75) is 71.4 Å². The van der Waals surface area contributed by atoms with Gasteiger partial charge in [0.05, 0.1) is 0 Å². The molecule has 2 nitrogen and oxygen atoms in total. The van der Waals surface area contributed by atoms with Gasteiger partial charge in [-0.2, -0.15) is 0 Å². The van der Waals surface area contributed by atoms with E-state index in [0.29, 0.717) is 18.1 Å². The van der Waals surface area contributed by atoms with Crippen LogP contribution in [-0.4, -0.2) is 19.2 Å². The number of hydrogen-bond donors (Lipinski definition) is 1. The van der Waals surface area contributed by atoms with E-state index in [1.165, 1.54) is 36.8 Å². The molecule has 0 heterocycles. The fourth-order valence-corrected chi connectivity index (χ4v) is 3.31. The van der Waals surface area contributed by atoms with Crippen molar-refractivity contribution in [2.75, 3.05) is 7.05 Å². The van der Waals surface area contributed by atoms with E-state index in [2.05, 4.69) is 58.3 Å². The average molecular weight is 289 g/mol. The summed E-state index contributed by atoms with van der Waals surface area (Å²) in [5.74, 6) is 2.43. The number of rotatable bonds is 5. The van der Waals surface area contributed by atoms with E-state index in [1.54, 1.807) is 0 Å². The SMILES string of the molecule is CCC1CCC(NC)C(Oc2cc(C(C)C)ccc2C)C1. The van der Waals surface area contributed by atoms with Crippen LogP contribution in [-0.2, 0) is 0 Å². The van der Waals surface area contributed by atoms with E-state index >= 15 is 0 Å². The first-order chi connectivity index (χ1) is 10.0. The van der Waals surface area contributed by atoms with E-state index < -0.39 is 0 Å². The summed E-state index contributed by atoms with van der Waals surface area (Å²) in [5.41, 5.74) is 2.60. The van der Waals surface area contributed by atoms with Crippen LogP contribution in [0.4, 0.5) is 0 Å². The lowest BCUT2D eigenvalue weighted by molar-refractivity contribution is 0.0876. The minimum atomic E-state index is 0.301. The van der Waals surface area contributed by atoms with Crippen LogP contribution in [0.15, 0.2) is 18.2 Å². The van der Waals surface area contributed by atoms with Gasteiger partial charge >= 0.3 is 0 Å². The largest absolute Gasteiger partial charge is 0.489 e. The minimum Gasteiger partial charge on any atom is -0.489 e. The van der Waals surface area contributed by atoms with Gasteiger partial charge in [0.15, 0.2) is 0 Å². The molecule has 0 spiro atoms. The maximum absolute atomic E-state index is 6.45. The van der Waals surface area contributed by atoms with Crippen molar-refractivity contribution in [1.82, 2.24) is 5.32 Å². The maximum Gasteiger partial charge on any atom is 0.122 e. The molecule has 0 aromatic heterocycles. The van der Waals surface area contributed by atoms with Crippen LogP contribution >= 0.6 is 0 Å². The van der Waals surface area contributed by atoms with Crippen molar-refractivity contribution in [2.24, 2.45) is 5.92 Å². The zero-order valence-electron chi connectivity index (χ0n) is 14.3. The van der Waals surface area contributed by atoms with Gasteiger partial charge in [-0.15, -0.1) is 0 Å². The van der Waals surface area contributed by atoms with Crippen molar-refractivity contribution in [3.63, 3.8) is 0 Å². The molecule has 0 radical (unpaired) electrons. The first-order valence-corrected chi connectivity index (χ1v) is 8.49. The second kappa shape index (κ2) is 7.31. The molecular formula is C19H31NO. The van der Waals surface area contributed by atoms with Gasteiger partial charge in [0.1, 0.15) is 11.9 Å². The van der Waals surface area contributed by atoms with Gasteiger partial charge in [-0.05, 0) is 62.3 Å².